The van der Waals surface area contributed by atoms with Crippen LogP contribution in [0.25, 0.3) is 5.76 Å². The lowest BCUT2D eigenvalue weighted by Crippen LogP contribution is -2.47. The van der Waals surface area contributed by atoms with Crippen molar-refractivity contribution < 1.29 is 23.9 Å². The van der Waals surface area contributed by atoms with Crippen LogP contribution in [0.1, 0.15) is 50.0 Å². The van der Waals surface area contributed by atoms with Crippen LogP contribution >= 0.6 is 0 Å². The molecule has 1 aromatic rings. The summed E-state index contributed by atoms with van der Waals surface area (Å²) >= 11 is 0. The molecule has 0 aromatic heterocycles. The van der Waals surface area contributed by atoms with Crippen LogP contribution in [0.15, 0.2) is 29.8 Å². The highest BCUT2D eigenvalue weighted by atomic mass is 16.6. The predicted octanol–water partition coefficient (Wildman–Crippen LogP) is 2.93. The van der Waals surface area contributed by atoms with E-state index in [1.165, 1.54) is 0 Å². The summed E-state index contributed by atoms with van der Waals surface area (Å²) in [4.78, 5) is 36.8. The van der Waals surface area contributed by atoms with Gasteiger partial charge >= 0.3 is 5.97 Å². The topological polar surface area (TPSA) is 69.7 Å². The number of carbonyl (C=O) groups excluding carboxylic acids is 3. The monoisotopic (exact) mass is 328 g/mol. The Bertz CT molecular complexity index is 770. The van der Waals surface area contributed by atoms with Crippen molar-refractivity contribution in [2.45, 2.75) is 45.8 Å². The largest absolute Gasteiger partial charge is 0.483 e. The van der Waals surface area contributed by atoms with Gasteiger partial charge in [0.05, 0.1) is 11.5 Å². The third-order valence-corrected chi connectivity index (χ3v) is 4.43. The summed E-state index contributed by atoms with van der Waals surface area (Å²) in [6.45, 7) is 7.13. The van der Waals surface area contributed by atoms with Gasteiger partial charge in [-0.05, 0) is 13.8 Å². The van der Waals surface area contributed by atoms with Crippen LogP contribution in [0.2, 0.25) is 0 Å². The third kappa shape index (κ3) is 2.54. The van der Waals surface area contributed by atoms with Crippen molar-refractivity contribution in [1.29, 1.82) is 0 Å². The summed E-state index contributed by atoms with van der Waals surface area (Å²) in [7, 11) is 0. The molecule has 0 N–H and O–H groups in total. The molecule has 1 aliphatic carbocycles. The molecular formula is C19H20O5. The lowest BCUT2D eigenvalue weighted by atomic mass is 9.81. The van der Waals surface area contributed by atoms with E-state index in [4.69, 9.17) is 9.47 Å². The van der Waals surface area contributed by atoms with E-state index in [2.05, 4.69) is 0 Å². The van der Waals surface area contributed by atoms with Crippen LogP contribution < -0.4 is 0 Å². The second-order valence-electron chi connectivity index (χ2n) is 7.00. The fourth-order valence-electron chi connectivity index (χ4n) is 2.93. The smallest absolute Gasteiger partial charge is 0.308 e. The first-order valence-electron chi connectivity index (χ1n) is 8.03. The summed E-state index contributed by atoms with van der Waals surface area (Å²) in [6.07, 6.45) is -0.437. The molecule has 1 aliphatic heterocycles. The maximum atomic E-state index is 12.5. The molecule has 126 valence electrons. The molecule has 0 amide bonds. The second kappa shape index (κ2) is 5.58. The van der Waals surface area contributed by atoms with E-state index < -0.39 is 23.3 Å². The van der Waals surface area contributed by atoms with Crippen molar-refractivity contribution in [3.63, 3.8) is 0 Å². The van der Waals surface area contributed by atoms with Crippen LogP contribution in [-0.4, -0.2) is 29.2 Å². The summed E-state index contributed by atoms with van der Waals surface area (Å²) in [5.74, 6) is -1.32. The van der Waals surface area contributed by atoms with E-state index in [1.807, 2.05) is 13.8 Å². The molecule has 0 spiro atoms. The number of Topliss-reactive ketones (excluding diaryl/α,β-unsaturated/α-hetero) is 2. The quantitative estimate of drug-likeness (QED) is 0.617. The summed E-state index contributed by atoms with van der Waals surface area (Å²) < 4.78 is 11.6. The van der Waals surface area contributed by atoms with Gasteiger partial charge in [-0.15, -0.1) is 0 Å². The van der Waals surface area contributed by atoms with Crippen molar-refractivity contribution in [3.8, 4) is 0 Å². The molecule has 1 unspecified atom stereocenters. The average molecular weight is 328 g/mol. The van der Waals surface area contributed by atoms with Gasteiger partial charge in [0.2, 0.25) is 11.6 Å². The predicted molar refractivity (Wildman–Crippen MR) is 87.2 cm³/mol. The van der Waals surface area contributed by atoms with E-state index in [0.717, 1.165) is 0 Å². The molecule has 0 fully saturated rings. The lowest BCUT2D eigenvalue weighted by Gasteiger charge is -2.41. The Labute approximate surface area is 140 Å². The minimum atomic E-state index is -0.794. The first-order chi connectivity index (χ1) is 11.2. The second-order valence-corrected chi connectivity index (χ2v) is 7.00. The zero-order chi connectivity index (χ0) is 17.6. The van der Waals surface area contributed by atoms with Crippen LogP contribution in [-0.2, 0) is 19.1 Å². The molecule has 5 heteroatoms. The van der Waals surface area contributed by atoms with Gasteiger partial charge in [-0.25, -0.2) is 0 Å². The number of esters is 1. The Morgan fingerprint density at radius 1 is 1.17 bits per heavy atom. The first-order valence-corrected chi connectivity index (χ1v) is 8.03. The normalized spacial score (nSPS) is 22.0. The van der Waals surface area contributed by atoms with Gasteiger partial charge in [-0.2, -0.15) is 0 Å². The number of fused-ring (bicyclic) bond motifs is 2. The molecular weight excluding hydrogens is 308 g/mol. The number of rotatable bonds is 2. The highest BCUT2D eigenvalue weighted by Gasteiger charge is 2.46. The van der Waals surface area contributed by atoms with Crippen molar-refractivity contribution in [2.24, 2.45) is 5.92 Å². The van der Waals surface area contributed by atoms with Crippen LogP contribution in [0.5, 0.6) is 0 Å². The maximum absolute atomic E-state index is 12.5. The van der Waals surface area contributed by atoms with E-state index >= 15 is 0 Å². The zero-order valence-electron chi connectivity index (χ0n) is 14.2. The van der Waals surface area contributed by atoms with Gasteiger partial charge in [0.25, 0.3) is 0 Å². The summed E-state index contributed by atoms with van der Waals surface area (Å²) in [6, 6.07) is 6.91. The standard InChI is InChI=1S/C19H20O5/c1-10(2)18(22)23-14-9-13-16(21)15(20)11-7-5-6-8-12(11)17(13)24-19(14,3)4/h5-8,10,14H,9H2,1-4H3. The number of hydrogen-bond acceptors (Lipinski definition) is 5. The van der Waals surface area contributed by atoms with Gasteiger partial charge in [-0.1, -0.05) is 38.1 Å². The average Bonchev–Trinajstić information content (AvgIpc) is 2.53. The highest BCUT2D eigenvalue weighted by molar-refractivity contribution is 6.52. The Morgan fingerprint density at radius 3 is 2.42 bits per heavy atom. The SMILES string of the molecule is CC(C)C(=O)OC1CC2=C(OC1(C)C)c1ccccc1C(=O)C2=O. The molecule has 24 heavy (non-hydrogen) atoms. The highest BCUT2D eigenvalue weighted by Crippen LogP contribution is 2.42. The molecule has 0 bridgehead atoms. The number of ether oxygens (including phenoxy) is 2. The summed E-state index contributed by atoms with van der Waals surface area (Å²) in [5, 5.41) is 0. The van der Waals surface area contributed by atoms with E-state index in [-0.39, 0.29) is 18.3 Å². The fourth-order valence-corrected chi connectivity index (χ4v) is 2.93. The zero-order valence-corrected chi connectivity index (χ0v) is 14.2. The van der Waals surface area contributed by atoms with Crippen LogP contribution in [0.3, 0.4) is 0 Å². The molecule has 2 aliphatic rings. The van der Waals surface area contributed by atoms with Crippen molar-refractivity contribution >= 4 is 23.3 Å². The third-order valence-electron chi connectivity index (χ3n) is 4.43. The minimum absolute atomic E-state index is 0.180. The molecule has 0 saturated carbocycles. The Hall–Kier alpha value is -2.43. The molecule has 1 atom stereocenters. The number of benzene rings is 1. The molecule has 5 nitrogen and oxygen atoms in total. The summed E-state index contributed by atoms with van der Waals surface area (Å²) in [5.41, 5.74) is 0.477. The minimum Gasteiger partial charge on any atom is -0.483 e. The molecule has 1 aromatic carbocycles. The Kier molecular flexibility index (Phi) is 3.82. The maximum Gasteiger partial charge on any atom is 0.308 e. The van der Waals surface area contributed by atoms with Gasteiger partial charge in [-0.3, -0.25) is 14.4 Å². The number of hydrogen-bond donors (Lipinski definition) is 0. The fraction of sp³-hybridized carbons (Fsp3) is 0.421. The van der Waals surface area contributed by atoms with E-state index in [9.17, 15) is 14.4 Å². The first kappa shape index (κ1) is 16.4. The number of ketones is 2. The van der Waals surface area contributed by atoms with Gasteiger partial charge < -0.3 is 9.47 Å². The Balaban J connectivity index is 2.03. The molecule has 1 heterocycles. The van der Waals surface area contributed by atoms with Crippen molar-refractivity contribution in [2.75, 3.05) is 0 Å². The lowest BCUT2D eigenvalue weighted by molar-refractivity contribution is -0.167. The molecule has 0 saturated heterocycles. The Morgan fingerprint density at radius 2 is 1.79 bits per heavy atom. The molecule has 0 radical (unpaired) electrons. The van der Waals surface area contributed by atoms with Crippen molar-refractivity contribution in [1.82, 2.24) is 0 Å². The van der Waals surface area contributed by atoms with Crippen LogP contribution in [0, 0.1) is 5.92 Å². The molecule has 3 rings (SSSR count). The van der Waals surface area contributed by atoms with Crippen LogP contribution in [0.4, 0.5) is 0 Å². The van der Waals surface area contributed by atoms with Gasteiger partial charge in [0, 0.05) is 17.5 Å². The van der Waals surface area contributed by atoms with E-state index in [0.29, 0.717) is 22.5 Å². The van der Waals surface area contributed by atoms with E-state index in [1.54, 1.807) is 38.1 Å². The van der Waals surface area contributed by atoms with Gasteiger partial charge in [0.1, 0.15) is 17.5 Å². The number of carbonyl (C=O) groups is 3. The van der Waals surface area contributed by atoms with Crippen molar-refractivity contribution in [3.05, 3.63) is 41.0 Å². The van der Waals surface area contributed by atoms with Gasteiger partial charge in [0.15, 0.2) is 0 Å².